The van der Waals surface area contributed by atoms with Gasteiger partial charge in [-0.05, 0) is 13.8 Å². The lowest BCUT2D eigenvalue weighted by Crippen LogP contribution is -2.10. The van der Waals surface area contributed by atoms with Crippen molar-refractivity contribution in [3.05, 3.63) is 16.1 Å². The molecule has 0 saturated heterocycles. The van der Waals surface area contributed by atoms with Crippen LogP contribution in [0.2, 0.25) is 0 Å². The molecule has 0 fully saturated rings. The summed E-state index contributed by atoms with van der Waals surface area (Å²) in [6.07, 6.45) is 0. The standard InChI is InChI=1S/C13H19N3S2/c1-6-14-12-16-9(7-17-12)10-8(2)15-11(18-10)13(3,4)5/h7H,6H2,1-5H3,(H,14,16). The molecule has 0 radical (unpaired) electrons. The van der Waals surface area contributed by atoms with Crippen LogP contribution in [0.5, 0.6) is 0 Å². The second kappa shape index (κ2) is 4.97. The number of hydrogen-bond donors (Lipinski definition) is 1. The summed E-state index contributed by atoms with van der Waals surface area (Å²) in [6.45, 7) is 11.6. The number of aromatic nitrogens is 2. The van der Waals surface area contributed by atoms with E-state index in [2.05, 4.69) is 55.3 Å². The van der Waals surface area contributed by atoms with Gasteiger partial charge in [0.15, 0.2) is 5.13 Å². The third-order valence-electron chi connectivity index (χ3n) is 2.50. The van der Waals surface area contributed by atoms with Gasteiger partial charge in [-0.25, -0.2) is 9.97 Å². The summed E-state index contributed by atoms with van der Waals surface area (Å²) in [7, 11) is 0. The number of hydrogen-bond acceptors (Lipinski definition) is 5. The Morgan fingerprint density at radius 1 is 1.28 bits per heavy atom. The Balaban J connectivity index is 2.35. The predicted octanol–water partition coefficient (Wildman–Crippen LogP) is 4.30. The highest BCUT2D eigenvalue weighted by Crippen LogP contribution is 2.36. The second-order valence-corrected chi connectivity index (χ2v) is 7.11. The predicted molar refractivity (Wildman–Crippen MR) is 80.8 cm³/mol. The Morgan fingerprint density at radius 3 is 2.56 bits per heavy atom. The van der Waals surface area contributed by atoms with Crippen LogP contribution in [0.25, 0.3) is 10.6 Å². The lowest BCUT2D eigenvalue weighted by Gasteiger charge is -2.13. The van der Waals surface area contributed by atoms with Crippen LogP contribution >= 0.6 is 22.7 Å². The Kier molecular flexibility index (Phi) is 3.73. The number of nitrogens with one attached hydrogen (secondary N) is 1. The quantitative estimate of drug-likeness (QED) is 0.911. The molecule has 0 aromatic carbocycles. The van der Waals surface area contributed by atoms with E-state index >= 15 is 0 Å². The summed E-state index contributed by atoms with van der Waals surface area (Å²) in [5, 5.41) is 7.51. The topological polar surface area (TPSA) is 37.8 Å². The first-order valence-corrected chi connectivity index (χ1v) is 7.79. The van der Waals surface area contributed by atoms with Crippen molar-refractivity contribution in [3.63, 3.8) is 0 Å². The molecule has 2 aromatic rings. The van der Waals surface area contributed by atoms with E-state index in [0.29, 0.717) is 0 Å². The van der Waals surface area contributed by atoms with Gasteiger partial charge in [0.2, 0.25) is 0 Å². The molecule has 0 amide bonds. The van der Waals surface area contributed by atoms with Crippen molar-refractivity contribution in [2.45, 2.75) is 40.0 Å². The van der Waals surface area contributed by atoms with Gasteiger partial charge in [-0.1, -0.05) is 20.8 Å². The Bertz CT molecular complexity index is 535. The molecule has 18 heavy (non-hydrogen) atoms. The average molecular weight is 281 g/mol. The molecule has 2 heterocycles. The third kappa shape index (κ3) is 2.72. The molecule has 3 nitrogen and oxygen atoms in total. The summed E-state index contributed by atoms with van der Waals surface area (Å²) in [6, 6.07) is 0. The van der Waals surface area contributed by atoms with Gasteiger partial charge >= 0.3 is 0 Å². The summed E-state index contributed by atoms with van der Waals surface area (Å²) < 4.78 is 0. The van der Waals surface area contributed by atoms with Gasteiger partial charge < -0.3 is 5.32 Å². The van der Waals surface area contributed by atoms with Crippen LogP contribution in [-0.2, 0) is 5.41 Å². The molecule has 5 heteroatoms. The lowest BCUT2D eigenvalue weighted by atomic mass is 9.98. The Morgan fingerprint density at radius 2 is 2.00 bits per heavy atom. The van der Waals surface area contributed by atoms with Crippen molar-refractivity contribution in [2.75, 3.05) is 11.9 Å². The Labute approximate surface area is 116 Å². The van der Waals surface area contributed by atoms with Gasteiger partial charge in [0, 0.05) is 17.3 Å². The van der Waals surface area contributed by atoms with E-state index < -0.39 is 0 Å². The van der Waals surface area contributed by atoms with Gasteiger partial charge in [-0.15, -0.1) is 22.7 Å². The fourth-order valence-electron chi connectivity index (χ4n) is 1.57. The van der Waals surface area contributed by atoms with Gasteiger partial charge in [0.1, 0.15) is 0 Å². The van der Waals surface area contributed by atoms with Crippen molar-refractivity contribution < 1.29 is 0 Å². The molecule has 0 unspecified atom stereocenters. The highest BCUT2D eigenvalue weighted by Gasteiger charge is 2.21. The minimum Gasteiger partial charge on any atom is -0.362 e. The number of anilines is 1. The summed E-state index contributed by atoms with van der Waals surface area (Å²) >= 11 is 3.41. The molecule has 0 aliphatic heterocycles. The first-order chi connectivity index (χ1) is 8.41. The zero-order valence-electron chi connectivity index (χ0n) is 11.5. The molecule has 0 spiro atoms. The third-order valence-corrected chi connectivity index (χ3v) is 4.91. The van der Waals surface area contributed by atoms with Crippen LogP contribution in [0.3, 0.4) is 0 Å². The van der Waals surface area contributed by atoms with Crippen LogP contribution in [-0.4, -0.2) is 16.5 Å². The monoisotopic (exact) mass is 281 g/mol. The molecule has 98 valence electrons. The Hall–Kier alpha value is -0.940. The number of aryl methyl sites for hydroxylation is 1. The van der Waals surface area contributed by atoms with E-state index in [-0.39, 0.29) is 5.41 Å². The van der Waals surface area contributed by atoms with E-state index in [1.54, 1.807) is 22.7 Å². The van der Waals surface area contributed by atoms with Gasteiger partial charge in [-0.3, -0.25) is 0 Å². The van der Waals surface area contributed by atoms with Gasteiger partial charge in [0.25, 0.3) is 0 Å². The fraction of sp³-hybridized carbons (Fsp3) is 0.538. The molecule has 2 rings (SSSR count). The van der Waals surface area contributed by atoms with Crippen molar-refractivity contribution >= 4 is 27.8 Å². The summed E-state index contributed by atoms with van der Waals surface area (Å²) in [4.78, 5) is 10.5. The van der Waals surface area contributed by atoms with Crippen molar-refractivity contribution in [2.24, 2.45) is 0 Å². The largest absolute Gasteiger partial charge is 0.362 e. The van der Waals surface area contributed by atoms with E-state index in [1.807, 2.05) is 0 Å². The molecular weight excluding hydrogens is 262 g/mol. The van der Waals surface area contributed by atoms with Crippen LogP contribution in [0.15, 0.2) is 5.38 Å². The van der Waals surface area contributed by atoms with E-state index in [0.717, 1.165) is 23.1 Å². The molecular formula is C13H19N3S2. The normalized spacial score (nSPS) is 11.8. The first kappa shape index (κ1) is 13.5. The molecule has 0 bridgehead atoms. The molecule has 0 saturated carbocycles. The zero-order chi connectivity index (χ0) is 13.3. The maximum Gasteiger partial charge on any atom is 0.183 e. The highest BCUT2D eigenvalue weighted by atomic mass is 32.1. The summed E-state index contributed by atoms with van der Waals surface area (Å²) in [5.74, 6) is 0. The molecule has 0 aliphatic carbocycles. The van der Waals surface area contributed by atoms with Crippen LogP contribution in [0, 0.1) is 6.92 Å². The van der Waals surface area contributed by atoms with Crippen LogP contribution in [0.1, 0.15) is 38.4 Å². The number of nitrogens with zero attached hydrogens (tertiary/aromatic N) is 2. The molecule has 2 aromatic heterocycles. The average Bonchev–Trinajstić information content (AvgIpc) is 2.84. The molecule has 1 N–H and O–H groups in total. The van der Waals surface area contributed by atoms with Gasteiger partial charge in [0.05, 0.1) is 21.3 Å². The maximum atomic E-state index is 4.68. The highest BCUT2D eigenvalue weighted by molar-refractivity contribution is 7.17. The summed E-state index contributed by atoms with van der Waals surface area (Å²) in [5.41, 5.74) is 2.23. The van der Waals surface area contributed by atoms with Crippen LogP contribution < -0.4 is 5.32 Å². The van der Waals surface area contributed by atoms with E-state index in [9.17, 15) is 0 Å². The number of rotatable bonds is 3. The maximum absolute atomic E-state index is 4.68. The van der Waals surface area contributed by atoms with Crippen molar-refractivity contribution in [3.8, 4) is 10.6 Å². The van der Waals surface area contributed by atoms with Crippen molar-refractivity contribution in [1.29, 1.82) is 0 Å². The smallest absolute Gasteiger partial charge is 0.183 e. The molecule has 0 aliphatic rings. The van der Waals surface area contributed by atoms with Gasteiger partial charge in [-0.2, -0.15) is 0 Å². The van der Waals surface area contributed by atoms with E-state index in [1.165, 1.54) is 9.88 Å². The van der Waals surface area contributed by atoms with E-state index in [4.69, 9.17) is 0 Å². The second-order valence-electron chi connectivity index (χ2n) is 5.25. The SMILES string of the molecule is CCNc1nc(-c2sc(C(C)(C)C)nc2C)cs1. The van der Waals surface area contributed by atoms with Crippen molar-refractivity contribution in [1.82, 2.24) is 9.97 Å². The minimum atomic E-state index is 0.105. The van der Waals surface area contributed by atoms with Crippen LogP contribution in [0.4, 0.5) is 5.13 Å². The minimum absolute atomic E-state index is 0.105. The lowest BCUT2D eigenvalue weighted by molar-refractivity contribution is 0.584. The molecule has 0 atom stereocenters. The first-order valence-electron chi connectivity index (χ1n) is 6.09. The zero-order valence-corrected chi connectivity index (χ0v) is 13.1. The fourth-order valence-corrected chi connectivity index (χ4v) is 3.50. The number of thiazole rings is 2.